The summed E-state index contributed by atoms with van der Waals surface area (Å²) >= 11 is 1.18. The predicted molar refractivity (Wildman–Crippen MR) is 178 cm³/mol. The van der Waals surface area contributed by atoms with Crippen LogP contribution in [0.15, 0.2) is 88.2 Å². The third kappa shape index (κ3) is 5.97. The van der Waals surface area contributed by atoms with Crippen molar-refractivity contribution in [3.8, 4) is 5.75 Å². The summed E-state index contributed by atoms with van der Waals surface area (Å²) in [5, 5.41) is 11.8. The summed E-state index contributed by atoms with van der Waals surface area (Å²) in [6.07, 6.45) is 3.74. The second-order valence-corrected chi connectivity index (χ2v) is 12.4. The highest BCUT2D eigenvalue weighted by atomic mass is 32.1. The maximum absolute atomic E-state index is 14.4. The minimum atomic E-state index is -0.865. The Labute approximate surface area is 269 Å². The van der Waals surface area contributed by atoms with Crippen LogP contribution in [-0.2, 0) is 9.53 Å². The van der Waals surface area contributed by atoms with Crippen molar-refractivity contribution < 1.29 is 19.2 Å². The molecule has 0 bridgehead atoms. The standard InChI is InChI=1S/C35H34N4O6S/c1-4-45-34(41)30-31(23-9-6-5-7-10-23)36-35-38(32(30)24-11-8-12-27(20-24)44-3)33(40)29(46-35)21-25-19-26(39(42)43)13-14-28(25)37-17-15-22(2)16-18-37/h5-14,19-22,32H,4,15-18H2,1-3H3/b29-21+/t32-/m0/s1. The normalized spacial score (nSPS) is 17.0. The Bertz CT molecular complexity index is 2010. The molecule has 0 saturated carbocycles. The fourth-order valence-electron chi connectivity index (χ4n) is 6.02. The van der Waals surface area contributed by atoms with Gasteiger partial charge in [0.2, 0.25) is 0 Å². The van der Waals surface area contributed by atoms with E-state index < -0.39 is 16.9 Å². The van der Waals surface area contributed by atoms with Crippen molar-refractivity contribution in [2.45, 2.75) is 32.7 Å². The number of methoxy groups -OCH3 is 1. The summed E-state index contributed by atoms with van der Waals surface area (Å²) in [5.74, 6) is 0.594. The number of hydrogen-bond donors (Lipinski definition) is 0. The van der Waals surface area contributed by atoms with Gasteiger partial charge in [0.05, 0.1) is 40.5 Å². The first-order valence-corrected chi connectivity index (χ1v) is 16.1. The lowest BCUT2D eigenvalue weighted by Crippen LogP contribution is -2.40. The number of nitro groups is 1. The number of thiazole rings is 1. The number of hydrogen-bond acceptors (Lipinski definition) is 9. The highest BCUT2D eigenvalue weighted by Crippen LogP contribution is 2.36. The number of carbonyl (C=O) groups is 1. The first-order chi connectivity index (χ1) is 22.3. The van der Waals surface area contributed by atoms with E-state index >= 15 is 0 Å². The maximum atomic E-state index is 14.4. The van der Waals surface area contributed by atoms with Gasteiger partial charge in [-0.1, -0.05) is 60.7 Å². The molecule has 1 aromatic heterocycles. The van der Waals surface area contributed by atoms with Gasteiger partial charge in [-0.15, -0.1) is 0 Å². The molecule has 0 spiro atoms. The second kappa shape index (κ2) is 13.1. The number of fused-ring (bicyclic) bond motifs is 1. The number of nitro benzene ring substituents is 1. The zero-order valence-corrected chi connectivity index (χ0v) is 26.7. The molecule has 236 valence electrons. The molecule has 10 nitrogen and oxygen atoms in total. The van der Waals surface area contributed by atoms with E-state index in [0.717, 1.165) is 31.6 Å². The van der Waals surface area contributed by atoms with Crippen LogP contribution in [0.3, 0.4) is 0 Å². The smallest absolute Gasteiger partial charge is 0.338 e. The molecule has 2 aliphatic rings. The Hall–Kier alpha value is -5.03. The molecule has 1 saturated heterocycles. The molecule has 0 radical (unpaired) electrons. The number of anilines is 1. The molecule has 6 rings (SSSR count). The van der Waals surface area contributed by atoms with Gasteiger partial charge < -0.3 is 14.4 Å². The van der Waals surface area contributed by atoms with Crippen molar-refractivity contribution in [2.24, 2.45) is 10.9 Å². The lowest BCUT2D eigenvalue weighted by Gasteiger charge is -2.33. The first kappa shape index (κ1) is 31.0. The molecule has 3 aromatic carbocycles. The highest BCUT2D eigenvalue weighted by molar-refractivity contribution is 7.07. The fraction of sp³-hybridized carbons (Fsp3) is 0.286. The summed E-state index contributed by atoms with van der Waals surface area (Å²) in [5.41, 5.74) is 3.00. The van der Waals surface area contributed by atoms with E-state index in [-0.39, 0.29) is 23.4 Å². The number of carbonyl (C=O) groups excluding carboxylic acids is 1. The molecule has 2 aliphatic heterocycles. The molecular weight excluding hydrogens is 604 g/mol. The van der Waals surface area contributed by atoms with Crippen molar-refractivity contribution in [2.75, 3.05) is 31.7 Å². The van der Waals surface area contributed by atoms with E-state index in [1.54, 1.807) is 38.3 Å². The largest absolute Gasteiger partial charge is 0.497 e. The number of piperidine rings is 1. The van der Waals surface area contributed by atoms with Crippen LogP contribution in [0.2, 0.25) is 0 Å². The Morgan fingerprint density at radius 2 is 1.85 bits per heavy atom. The van der Waals surface area contributed by atoms with E-state index in [1.165, 1.54) is 28.0 Å². The lowest BCUT2D eigenvalue weighted by molar-refractivity contribution is -0.384. The van der Waals surface area contributed by atoms with Gasteiger partial charge in [-0.05, 0) is 55.5 Å². The van der Waals surface area contributed by atoms with Crippen LogP contribution >= 0.6 is 11.3 Å². The lowest BCUT2D eigenvalue weighted by atomic mass is 9.93. The fourth-order valence-corrected chi connectivity index (χ4v) is 7.01. The zero-order chi connectivity index (χ0) is 32.4. The molecule has 11 heteroatoms. The minimum Gasteiger partial charge on any atom is -0.497 e. The third-order valence-corrected chi connectivity index (χ3v) is 9.40. The summed E-state index contributed by atoms with van der Waals surface area (Å²) in [6.45, 7) is 5.74. The molecule has 3 heterocycles. The summed E-state index contributed by atoms with van der Waals surface area (Å²) in [4.78, 5) is 47.0. The predicted octanol–water partition coefficient (Wildman–Crippen LogP) is 5.09. The summed E-state index contributed by atoms with van der Waals surface area (Å²) < 4.78 is 12.9. The number of aromatic nitrogens is 1. The van der Waals surface area contributed by atoms with Crippen LogP contribution in [0.25, 0.3) is 11.8 Å². The third-order valence-electron chi connectivity index (χ3n) is 8.42. The zero-order valence-electron chi connectivity index (χ0n) is 25.8. The van der Waals surface area contributed by atoms with Crippen molar-refractivity contribution in [1.29, 1.82) is 0 Å². The molecule has 0 aliphatic carbocycles. The van der Waals surface area contributed by atoms with Crippen molar-refractivity contribution in [3.63, 3.8) is 0 Å². The number of rotatable bonds is 8. The second-order valence-electron chi connectivity index (χ2n) is 11.4. The molecule has 0 unspecified atom stereocenters. The highest BCUT2D eigenvalue weighted by Gasteiger charge is 2.35. The van der Waals surface area contributed by atoms with Gasteiger partial charge in [-0.25, -0.2) is 9.79 Å². The van der Waals surface area contributed by atoms with Crippen molar-refractivity contribution in [3.05, 3.63) is 125 Å². The Morgan fingerprint density at radius 1 is 1.09 bits per heavy atom. The van der Waals surface area contributed by atoms with E-state index in [9.17, 15) is 19.7 Å². The van der Waals surface area contributed by atoms with Crippen LogP contribution < -0.4 is 24.5 Å². The number of ether oxygens (including phenoxy) is 2. The average Bonchev–Trinajstić information content (AvgIpc) is 3.38. The van der Waals surface area contributed by atoms with Gasteiger partial charge in [0.25, 0.3) is 11.2 Å². The molecule has 4 aromatic rings. The van der Waals surface area contributed by atoms with E-state index in [2.05, 4.69) is 11.8 Å². The quantitative estimate of drug-likeness (QED) is 0.150. The SMILES string of the molecule is CCOC(=O)C1=C(c2ccccc2)N=c2s/c(=C/c3cc([N+](=O)[O-])ccc3N3CCC(C)CC3)c(=O)n2[C@H]1c1cccc(OC)c1. The number of esters is 1. The molecule has 0 amide bonds. The van der Waals surface area contributed by atoms with Gasteiger partial charge in [0.1, 0.15) is 5.75 Å². The molecule has 46 heavy (non-hydrogen) atoms. The monoisotopic (exact) mass is 638 g/mol. The van der Waals surface area contributed by atoms with E-state index in [4.69, 9.17) is 14.5 Å². The number of nitrogens with zero attached hydrogens (tertiary/aromatic N) is 4. The van der Waals surface area contributed by atoms with Gasteiger partial charge in [-0.2, -0.15) is 0 Å². The molecule has 1 atom stereocenters. The van der Waals surface area contributed by atoms with Crippen LogP contribution in [0.4, 0.5) is 11.4 Å². The van der Waals surface area contributed by atoms with E-state index in [0.29, 0.717) is 43.4 Å². The summed E-state index contributed by atoms with van der Waals surface area (Å²) in [6, 6.07) is 20.5. The summed E-state index contributed by atoms with van der Waals surface area (Å²) in [7, 11) is 1.56. The average molecular weight is 639 g/mol. The Morgan fingerprint density at radius 3 is 2.54 bits per heavy atom. The van der Waals surface area contributed by atoms with Crippen molar-refractivity contribution >= 4 is 40.5 Å². The number of benzene rings is 3. The molecule has 0 N–H and O–H groups in total. The minimum absolute atomic E-state index is 0.0571. The Balaban J connectivity index is 1.61. The van der Waals surface area contributed by atoms with Gasteiger partial charge in [0, 0.05) is 42.0 Å². The van der Waals surface area contributed by atoms with Gasteiger partial charge >= 0.3 is 5.97 Å². The van der Waals surface area contributed by atoms with E-state index in [1.807, 2.05) is 42.5 Å². The molecular formula is C35H34N4O6S. The Kier molecular flexibility index (Phi) is 8.85. The van der Waals surface area contributed by atoms with Crippen LogP contribution in [0, 0.1) is 16.0 Å². The first-order valence-electron chi connectivity index (χ1n) is 15.2. The number of non-ortho nitro benzene ring substituents is 1. The molecule has 1 fully saturated rings. The van der Waals surface area contributed by atoms with Gasteiger partial charge in [-0.3, -0.25) is 19.5 Å². The van der Waals surface area contributed by atoms with Crippen LogP contribution in [0.5, 0.6) is 5.75 Å². The van der Waals surface area contributed by atoms with Crippen molar-refractivity contribution in [1.82, 2.24) is 4.57 Å². The van der Waals surface area contributed by atoms with Gasteiger partial charge in [0.15, 0.2) is 4.80 Å². The topological polar surface area (TPSA) is 116 Å². The van der Waals surface area contributed by atoms with Crippen LogP contribution in [0.1, 0.15) is 49.4 Å². The maximum Gasteiger partial charge on any atom is 0.338 e. The van der Waals surface area contributed by atoms with Crippen LogP contribution in [-0.4, -0.2) is 42.3 Å².